The molecule has 0 unspecified atom stereocenters. The third kappa shape index (κ3) is 2.72. The Morgan fingerprint density at radius 1 is 1.25 bits per heavy atom. The Hall–Kier alpha value is -1.77. The molecule has 20 heavy (non-hydrogen) atoms. The zero-order valence-corrected chi connectivity index (χ0v) is 12.4. The quantitative estimate of drug-likeness (QED) is 0.880. The second kappa shape index (κ2) is 5.70. The zero-order chi connectivity index (χ0) is 13.9. The highest BCUT2D eigenvalue weighted by Crippen LogP contribution is 2.26. The van der Waals surface area contributed by atoms with Gasteiger partial charge in [0.1, 0.15) is 0 Å². The maximum atomic E-state index is 4.60. The first kappa shape index (κ1) is 13.2. The van der Waals surface area contributed by atoms with Gasteiger partial charge in [-0.3, -0.25) is 0 Å². The first-order valence-electron chi connectivity index (χ1n) is 7.69. The zero-order valence-electron chi connectivity index (χ0n) is 12.4. The number of anilines is 2. The number of fused-ring (bicyclic) bond motifs is 1. The summed E-state index contributed by atoms with van der Waals surface area (Å²) in [6, 6.07) is 6.73. The van der Waals surface area contributed by atoms with Crippen LogP contribution < -0.4 is 5.32 Å². The summed E-state index contributed by atoms with van der Waals surface area (Å²) in [6.45, 7) is 5.30. The molecule has 1 aromatic carbocycles. The molecule has 3 heteroatoms. The van der Waals surface area contributed by atoms with E-state index in [1.165, 1.54) is 43.2 Å². The van der Waals surface area contributed by atoms with E-state index in [1.807, 2.05) is 0 Å². The minimum atomic E-state index is 0.967. The van der Waals surface area contributed by atoms with Gasteiger partial charge in [-0.15, -0.1) is 0 Å². The smallest absolute Gasteiger partial charge is 0.207 e. The molecule has 1 aromatic heterocycles. The lowest BCUT2D eigenvalue weighted by atomic mass is 10.1. The molecule has 0 fully saturated rings. The highest BCUT2D eigenvalue weighted by Gasteiger charge is 2.12. The molecular weight excluding hydrogens is 246 g/mol. The van der Waals surface area contributed by atoms with E-state index >= 15 is 0 Å². The van der Waals surface area contributed by atoms with E-state index in [1.54, 1.807) is 0 Å². The fraction of sp³-hybridized carbons (Fsp3) is 0.471. The number of unbranched alkanes of at least 4 members (excludes halogenated alkanes) is 1. The van der Waals surface area contributed by atoms with Crippen molar-refractivity contribution in [3.05, 3.63) is 41.2 Å². The van der Waals surface area contributed by atoms with Crippen molar-refractivity contribution in [1.82, 2.24) is 9.55 Å². The highest BCUT2D eigenvalue weighted by atomic mass is 15.2. The highest BCUT2D eigenvalue weighted by molar-refractivity contribution is 5.57. The van der Waals surface area contributed by atoms with Gasteiger partial charge in [-0.2, -0.15) is 0 Å². The van der Waals surface area contributed by atoms with Crippen LogP contribution in [0.5, 0.6) is 0 Å². The molecule has 1 heterocycles. The summed E-state index contributed by atoms with van der Waals surface area (Å²) in [6.07, 6.45) is 8.27. The second-order valence-corrected chi connectivity index (χ2v) is 5.71. The Morgan fingerprint density at radius 2 is 2.10 bits per heavy atom. The minimum Gasteiger partial charge on any atom is -0.326 e. The minimum absolute atomic E-state index is 0.967. The number of aromatic nitrogens is 2. The van der Waals surface area contributed by atoms with Gasteiger partial charge in [0.2, 0.25) is 5.95 Å². The molecule has 2 aromatic rings. The molecule has 0 spiro atoms. The van der Waals surface area contributed by atoms with Crippen LogP contribution in [-0.2, 0) is 19.4 Å². The molecule has 1 aliphatic rings. The van der Waals surface area contributed by atoms with Crippen molar-refractivity contribution >= 4 is 11.6 Å². The number of hydrogen-bond donors (Lipinski definition) is 1. The van der Waals surface area contributed by atoms with Gasteiger partial charge in [0.25, 0.3) is 0 Å². The van der Waals surface area contributed by atoms with Crippen LogP contribution in [0.4, 0.5) is 11.6 Å². The molecule has 1 aliphatic carbocycles. The van der Waals surface area contributed by atoms with Crippen LogP contribution in [0.25, 0.3) is 0 Å². The fourth-order valence-electron chi connectivity index (χ4n) is 2.92. The summed E-state index contributed by atoms with van der Waals surface area (Å²) in [7, 11) is 0. The molecular formula is C17H23N3. The molecule has 0 saturated heterocycles. The molecule has 0 bridgehead atoms. The van der Waals surface area contributed by atoms with Crippen LogP contribution in [0.15, 0.2) is 24.4 Å². The van der Waals surface area contributed by atoms with E-state index < -0.39 is 0 Å². The standard InChI is InChI=1S/C17H23N3/c1-3-4-10-20-12-13(2)18-17(20)19-16-9-8-14-6-5-7-15(14)11-16/h8-9,11-12H,3-7,10H2,1-2H3,(H,18,19). The van der Waals surface area contributed by atoms with Crippen molar-refractivity contribution in [1.29, 1.82) is 0 Å². The third-order valence-corrected chi connectivity index (χ3v) is 4.00. The fourth-order valence-corrected chi connectivity index (χ4v) is 2.92. The molecule has 0 radical (unpaired) electrons. The molecule has 0 atom stereocenters. The molecule has 1 N–H and O–H groups in total. The van der Waals surface area contributed by atoms with E-state index in [4.69, 9.17) is 0 Å². The van der Waals surface area contributed by atoms with Crippen LogP contribution >= 0.6 is 0 Å². The van der Waals surface area contributed by atoms with E-state index in [-0.39, 0.29) is 0 Å². The van der Waals surface area contributed by atoms with E-state index in [2.05, 4.69) is 53.1 Å². The number of aryl methyl sites for hydroxylation is 4. The maximum absolute atomic E-state index is 4.60. The number of nitrogens with zero attached hydrogens (tertiary/aromatic N) is 2. The maximum Gasteiger partial charge on any atom is 0.207 e. The summed E-state index contributed by atoms with van der Waals surface area (Å²) in [5.74, 6) is 0.967. The van der Waals surface area contributed by atoms with Crippen molar-refractivity contribution in [3.8, 4) is 0 Å². The summed E-state index contributed by atoms with van der Waals surface area (Å²) in [4.78, 5) is 4.60. The molecule has 3 nitrogen and oxygen atoms in total. The molecule has 3 rings (SSSR count). The second-order valence-electron chi connectivity index (χ2n) is 5.71. The van der Waals surface area contributed by atoms with Crippen LogP contribution in [0.3, 0.4) is 0 Å². The summed E-state index contributed by atoms with van der Waals surface area (Å²) < 4.78 is 2.23. The van der Waals surface area contributed by atoms with E-state index in [9.17, 15) is 0 Å². The number of hydrogen-bond acceptors (Lipinski definition) is 2. The average molecular weight is 269 g/mol. The SMILES string of the molecule is CCCCn1cc(C)nc1Nc1ccc2c(c1)CCC2. The van der Waals surface area contributed by atoms with Crippen molar-refractivity contribution in [2.24, 2.45) is 0 Å². The molecule has 106 valence electrons. The van der Waals surface area contributed by atoms with Gasteiger partial charge >= 0.3 is 0 Å². The van der Waals surface area contributed by atoms with Gasteiger partial charge in [-0.25, -0.2) is 4.98 Å². The van der Waals surface area contributed by atoms with Gasteiger partial charge in [-0.05, 0) is 55.9 Å². The summed E-state index contributed by atoms with van der Waals surface area (Å²) in [5.41, 5.74) is 5.25. The molecule has 0 aliphatic heterocycles. The van der Waals surface area contributed by atoms with Crippen LogP contribution in [0.2, 0.25) is 0 Å². The van der Waals surface area contributed by atoms with Crippen molar-refractivity contribution in [2.75, 3.05) is 5.32 Å². The number of nitrogens with one attached hydrogen (secondary N) is 1. The number of imidazole rings is 1. The monoisotopic (exact) mass is 269 g/mol. The normalized spacial score (nSPS) is 13.5. The van der Waals surface area contributed by atoms with Crippen molar-refractivity contribution < 1.29 is 0 Å². The van der Waals surface area contributed by atoms with Gasteiger partial charge in [0, 0.05) is 18.4 Å². The Balaban J connectivity index is 1.80. The first-order valence-corrected chi connectivity index (χ1v) is 7.69. The van der Waals surface area contributed by atoms with Crippen LogP contribution in [-0.4, -0.2) is 9.55 Å². The Morgan fingerprint density at radius 3 is 2.95 bits per heavy atom. The van der Waals surface area contributed by atoms with Gasteiger partial charge in [0.15, 0.2) is 0 Å². The number of benzene rings is 1. The first-order chi connectivity index (χ1) is 9.76. The molecule has 0 saturated carbocycles. The summed E-state index contributed by atoms with van der Waals surface area (Å²) in [5, 5.41) is 3.48. The van der Waals surface area contributed by atoms with Gasteiger partial charge in [0.05, 0.1) is 5.69 Å². The Bertz CT molecular complexity index is 598. The van der Waals surface area contributed by atoms with Crippen molar-refractivity contribution in [3.63, 3.8) is 0 Å². The van der Waals surface area contributed by atoms with E-state index in [0.29, 0.717) is 0 Å². The average Bonchev–Trinajstić information content (AvgIpc) is 3.02. The largest absolute Gasteiger partial charge is 0.326 e. The van der Waals surface area contributed by atoms with Gasteiger partial charge < -0.3 is 9.88 Å². The Kier molecular flexibility index (Phi) is 3.77. The number of rotatable bonds is 5. The Labute approximate surface area is 121 Å². The summed E-state index contributed by atoms with van der Waals surface area (Å²) >= 11 is 0. The predicted molar refractivity (Wildman–Crippen MR) is 83.6 cm³/mol. The molecule has 0 amide bonds. The predicted octanol–water partition coefficient (Wildman–Crippen LogP) is 4.22. The topological polar surface area (TPSA) is 29.9 Å². The third-order valence-electron chi connectivity index (χ3n) is 4.00. The van der Waals surface area contributed by atoms with Crippen LogP contribution in [0, 0.1) is 6.92 Å². The lowest BCUT2D eigenvalue weighted by Gasteiger charge is -2.10. The van der Waals surface area contributed by atoms with E-state index in [0.717, 1.165) is 23.9 Å². The lowest BCUT2D eigenvalue weighted by molar-refractivity contribution is 0.637. The van der Waals surface area contributed by atoms with Gasteiger partial charge in [-0.1, -0.05) is 19.4 Å². The lowest BCUT2D eigenvalue weighted by Crippen LogP contribution is -2.03. The van der Waals surface area contributed by atoms with Crippen LogP contribution in [0.1, 0.15) is 43.0 Å². The van der Waals surface area contributed by atoms with Crippen molar-refractivity contribution in [2.45, 2.75) is 52.5 Å².